The maximum absolute atomic E-state index is 12.4. The van der Waals surface area contributed by atoms with E-state index in [-0.39, 0.29) is 11.6 Å². The molecule has 1 aromatic rings. The van der Waals surface area contributed by atoms with Crippen LogP contribution in [-0.4, -0.2) is 22.3 Å². The second-order valence-electron chi connectivity index (χ2n) is 6.36. The van der Waals surface area contributed by atoms with E-state index >= 15 is 0 Å². The van der Waals surface area contributed by atoms with Gasteiger partial charge in [-0.25, -0.2) is 4.79 Å². The predicted octanol–water partition coefficient (Wildman–Crippen LogP) is 3.09. The highest BCUT2D eigenvalue weighted by Gasteiger charge is 2.29. The second-order valence-corrected chi connectivity index (χ2v) is 6.36. The van der Waals surface area contributed by atoms with Gasteiger partial charge in [-0.15, -0.1) is 0 Å². The highest BCUT2D eigenvalue weighted by Crippen LogP contribution is 2.26. The van der Waals surface area contributed by atoms with E-state index in [0.29, 0.717) is 12.0 Å². The number of hydrogen-bond acceptors (Lipinski definition) is 6. The first-order chi connectivity index (χ1) is 11.0. The van der Waals surface area contributed by atoms with Crippen LogP contribution in [0.2, 0.25) is 0 Å². The number of nitrogens with zero attached hydrogens (tertiary/aromatic N) is 1. The van der Waals surface area contributed by atoms with Crippen molar-refractivity contribution in [3.05, 3.63) is 51.6 Å². The molecule has 1 rings (SSSR count). The lowest BCUT2D eigenvalue weighted by atomic mass is 9.97. The molecule has 0 unspecified atom stereocenters. The summed E-state index contributed by atoms with van der Waals surface area (Å²) in [6.07, 6.45) is 0.592. The van der Waals surface area contributed by atoms with E-state index in [2.05, 4.69) is 6.58 Å². The molecule has 1 atom stereocenters. The maximum Gasteiger partial charge on any atom is 0.342 e. The van der Waals surface area contributed by atoms with Crippen molar-refractivity contribution in [2.75, 3.05) is 0 Å². The van der Waals surface area contributed by atoms with Gasteiger partial charge in [-0.1, -0.05) is 19.6 Å². The lowest BCUT2D eigenvalue weighted by Gasteiger charge is -2.19. The van der Waals surface area contributed by atoms with Crippen LogP contribution in [0.25, 0.3) is 0 Å². The zero-order valence-corrected chi connectivity index (χ0v) is 14.3. The quantitative estimate of drug-likeness (QED) is 0.163. The Morgan fingerprint density at radius 3 is 2.42 bits per heavy atom. The second kappa shape index (κ2) is 7.35. The van der Waals surface area contributed by atoms with Crippen molar-refractivity contribution in [2.45, 2.75) is 45.8 Å². The molecule has 0 bridgehead atoms. The van der Waals surface area contributed by atoms with E-state index in [1.807, 2.05) is 6.92 Å². The van der Waals surface area contributed by atoms with Gasteiger partial charge in [0.15, 0.2) is 0 Å². The van der Waals surface area contributed by atoms with Crippen LogP contribution in [-0.2, 0) is 9.53 Å². The van der Waals surface area contributed by atoms with Crippen molar-refractivity contribution in [2.24, 2.45) is 5.73 Å². The number of nitro groups is 1. The summed E-state index contributed by atoms with van der Waals surface area (Å²) in [7, 11) is 0. The van der Waals surface area contributed by atoms with E-state index in [4.69, 9.17) is 10.5 Å². The third kappa shape index (κ3) is 4.73. The zero-order chi connectivity index (χ0) is 18.7. The monoisotopic (exact) mass is 334 g/mol. The van der Waals surface area contributed by atoms with Crippen LogP contribution in [0.4, 0.5) is 5.69 Å². The number of esters is 1. The molecule has 0 fully saturated rings. The number of hydrogen-bond donors (Lipinski definition) is 1. The number of nitro benzene ring substituents is 1. The van der Waals surface area contributed by atoms with Crippen molar-refractivity contribution < 1.29 is 19.2 Å². The van der Waals surface area contributed by atoms with Gasteiger partial charge in [0.05, 0.1) is 4.92 Å². The van der Waals surface area contributed by atoms with Crippen molar-refractivity contribution in [3.63, 3.8) is 0 Å². The molecule has 0 spiro atoms. The van der Waals surface area contributed by atoms with E-state index in [1.54, 1.807) is 20.8 Å². The van der Waals surface area contributed by atoms with Crippen LogP contribution in [0.15, 0.2) is 30.4 Å². The highest BCUT2D eigenvalue weighted by atomic mass is 16.6. The molecule has 130 valence electrons. The first-order valence-electron chi connectivity index (χ1n) is 7.48. The normalized spacial score (nSPS) is 12.4. The first kappa shape index (κ1) is 19.5. The Kier molecular flexibility index (Phi) is 5.98. The number of rotatable bonds is 6. The van der Waals surface area contributed by atoms with Gasteiger partial charge < -0.3 is 10.5 Å². The molecule has 7 heteroatoms. The summed E-state index contributed by atoms with van der Waals surface area (Å²) in [5, 5.41) is 11.3. The summed E-state index contributed by atoms with van der Waals surface area (Å²) in [6.45, 7) is 10.2. The predicted molar refractivity (Wildman–Crippen MR) is 89.6 cm³/mol. The number of carbonyl (C=O) groups excluding carboxylic acids is 2. The Balaban J connectivity index is 3.21. The van der Waals surface area contributed by atoms with Crippen LogP contribution in [0.3, 0.4) is 0 Å². The van der Waals surface area contributed by atoms with Crippen LogP contribution in [0, 0.1) is 10.1 Å². The SMILES string of the molecule is C=C(C(=O)OC(C)(C)C)C(=O)c1ccc([C@H](N)CC)cc1[N+](=O)[O-]. The van der Waals surface area contributed by atoms with Crippen LogP contribution in [0.1, 0.15) is 56.1 Å². The lowest BCUT2D eigenvalue weighted by molar-refractivity contribution is -0.385. The minimum atomic E-state index is -0.906. The largest absolute Gasteiger partial charge is 0.456 e. The molecule has 7 nitrogen and oxygen atoms in total. The zero-order valence-electron chi connectivity index (χ0n) is 14.3. The van der Waals surface area contributed by atoms with Gasteiger partial charge in [0.2, 0.25) is 5.78 Å². The van der Waals surface area contributed by atoms with Gasteiger partial charge in [0.1, 0.15) is 16.7 Å². The average Bonchev–Trinajstić information content (AvgIpc) is 2.50. The van der Waals surface area contributed by atoms with E-state index in [1.165, 1.54) is 18.2 Å². The van der Waals surface area contributed by atoms with Crippen molar-refractivity contribution in [1.29, 1.82) is 0 Å². The smallest absolute Gasteiger partial charge is 0.342 e. The summed E-state index contributed by atoms with van der Waals surface area (Å²) < 4.78 is 5.07. The van der Waals surface area contributed by atoms with Crippen molar-refractivity contribution in [1.82, 2.24) is 0 Å². The minimum absolute atomic E-state index is 0.220. The Hall–Kier alpha value is -2.54. The topological polar surface area (TPSA) is 113 Å². The lowest BCUT2D eigenvalue weighted by Crippen LogP contribution is -2.27. The summed E-state index contributed by atoms with van der Waals surface area (Å²) in [4.78, 5) is 35.0. The Morgan fingerprint density at radius 1 is 1.38 bits per heavy atom. The van der Waals surface area contributed by atoms with Crippen LogP contribution in [0.5, 0.6) is 0 Å². The molecule has 0 aromatic heterocycles. The molecule has 0 heterocycles. The van der Waals surface area contributed by atoms with Gasteiger partial charge in [-0.2, -0.15) is 0 Å². The summed E-state index contributed by atoms with van der Waals surface area (Å²) in [5.41, 5.74) is 4.52. The number of carbonyl (C=O) groups is 2. The summed E-state index contributed by atoms with van der Waals surface area (Å²) in [6, 6.07) is 3.71. The summed E-state index contributed by atoms with van der Waals surface area (Å²) in [5.74, 6) is -1.75. The maximum atomic E-state index is 12.4. The van der Waals surface area contributed by atoms with E-state index in [9.17, 15) is 19.7 Å². The number of nitrogens with two attached hydrogens (primary N) is 1. The molecule has 0 radical (unpaired) electrons. The Morgan fingerprint density at radius 2 is 1.96 bits per heavy atom. The molecule has 0 amide bonds. The van der Waals surface area contributed by atoms with Gasteiger partial charge in [-0.05, 0) is 38.8 Å². The fourth-order valence-corrected chi connectivity index (χ4v) is 1.95. The number of benzene rings is 1. The van der Waals surface area contributed by atoms with Crippen molar-refractivity contribution in [3.8, 4) is 0 Å². The average molecular weight is 334 g/mol. The molecule has 0 aliphatic carbocycles. The molecular formula is C17H22N2O5. The fourth-order valence-electron chi connectivity index (χ4n) is 1.95. The van der Waals surface area contributed by atoms with Gasteiger partial charge in [0.25, 0.3) is 5.69 Å². The molecule has 2 N–H and O–H groups in total. The van der Waals surface area contributed by atoms with E-state index in [0.717, 1.165) is 0 Å². The molecule has 0 saturated heterocycles. The fraction of sp³-hybridized carbons (Fsp3) is 0.412. The molecular weight excluding hydrogens is 312 g/mol. The van der Waals surface area contributed by atoms with Crippen LogP contribution >= 0.6 is 0 Å². The van der Waals surface area contributed by atoms with Crippen molar-refractivity contribution >= 4 is 17.4 Å². The number of Topliss-reactive ketones (excluding diaryl/α,β-unsaturated/α-hetero) is 1. The molecule has 0 saturated carbocycles. The minimum Gasteiger partial charge on any atom is -0.456 e. The third-order valence-electron chi connectivity index (χ3n) is 3.25. The number of ether oxygens (including phenoxy) is 1. The summed E-state index contributed by atoms with van der Waals surface area (Å²) >= 11 is 0. The Labute approximate surface area is 140 Å². The standard InChI is InChI=1S/C17H22N2O5/c1-6-13(18)11-7-8-12(14(9-11)19(22)23)15(20)10(2)16(21)24-17(3,4)5/h7-9,13H,2,6,18H2,1,3-5H3/t13-/m1/s1. The van der Waals surface area contributed by atoms with Gasteiger partial charge >= 0.3 is 5.97 Å². The van der Waals surface area contributed by atoms with Gasteiger partial charge in [0, 0.05) is 12.1 Å². The molecule has 1 aromatic carbocycles. The molecule has 24 heavy (non-hydrogen) atoms. The Bertz CT molecular complexity index is 689. The number of ketones is 1. The highest BCUT2D eigenvalue weighted by molar-refractivity contribution is 6.25. The van der Waals surface area contributed by atoms with Crippen LogP contribution < -0.4 is 5.73 Å². The first-order valence-corrected chi connectivity index (χ1v) is 7.48. The van der Waals surface area contributed by atoms with E-state index < -0.39 is 33.5 Å². The molecule has 0 aliphatic heterocycles. The molecule has 0 aliphatic rings. The van der Waals surface area contributed by atoms with Gasteiger partial charge in [-0.3, -0.25) is 14.9 Å². The third-order valence-corrected chi connectivity index (χ3v) is 3.25.